The van der Waals surface area contributed by atoms with Crippen molar-refractivity contribution in [3.05, 3.63) is 0 Å². The number of Topliss-reactive ketones (excluding diaryl/α,β-unsaturated/α-hetero) is 1. The lowest BCUT2D eigenvalue weighted by atomic mass is 9.77. The molecule has 0 aromatic rings. The molecule has 1 atom stereocenters. The number of unbranched alkanes of at least 4 members (excludes halogenated alkanes) is 6. The molecular weight excluding hydrogens is 208 g/mol. The van der Waals surface area contributed by atoms with E-state index in [1.807, 2.05) is 0 Å². The topological polar surface area (TPSA) is 17.1 Å². The van der Waals surface area contributed by atoms with Gasteiger partial charge in [-0.15, -0.1) is 0 Å². The Morgan fingerprint density at radius 3 is 1.82 bits per heavy atom. The number of carbonyl (C=O) groups is 1. The first-order valence-corrected chi connectivity index (χ1v) is 7.58. The molecule has 1 nitrogen and oxygen atoms in total. The normalized spacial score (nSPS) is 14.6. The van der Waals surface area contributed by atoms with Crippen molar-refractivity contribution >= 4 is 5.78 Å². The number of carbonyl (C=O) groups excluding carboxylic acids is 1. The summed E-state index contributed by atoms with van der Waals surface area (Å²) in [4.78, 5) is 11.7. The molecule has 0 radical (unpaired) electrons. The summed E-state index contributed by atoms with van der Waals surface area (Å²) < 4.78 is 0. The van der Waals surface area contributed by atoms with E-state index < -0.39 is 0 Å². The predicted octanol–water partition coefficient (Wildman–Crippen LogP) is 5.52. The highest BCUT2D eigenvalue weighted by Gasteiger charge is 2.28. The van der Waals surface area contributed by atoms with Gasteiger partial charge in [-0.3, -0.25) is 4.79 Å². The third-order valence-electron chi connectivity index (χ3n) is 4.01. The van der Waals surface area contributed by atoms with Gasteiger partial charge in [0.25, 0.3) is 0 Å². The zero-order valence-electron chi connectivity index (χ0n) is 12.5. The van der Waals surface area contributed by atoms with Gasteiger partial charge in [0.2, 0.25) is 0 Å². The van der Waals surface area contributed by atoms with Gasteiger partial charge in [-0.1, -0.05) is 72.1 Å². The zero-order valence-corrected chi connectivity index (χ0v) is 12.5. The summed E-state index contributed by atoms with van der Waals surface area (Å²) in [7, 11) is 0. The SMILES string of the molecule is CCCCCCCCC(C)(CCCC)C(C)=O. The van der Waals surface area contributed by atoms with E-state index in [1.165, 1.54) is 51.4 Å². The fourth-order valence-corrected chi connectivity index (χ4v) is 2.34. The first kappa shape index (κ1) is 16.7. The Kier molecular flexibility index (Phi) is 9.49. The third-order valence-corrected chi connectivity index (χ3v) is 4.01. The molecule has 0 heterocycles. The van der Waals surface area contributed by atoms with Gasteiger partial charge in [0.1, 0.15) is 5.78 Å². The van der Waals surface area contributed by atoms with Crippen molar-refractivity contribution in [2.24, 2.45) is 5.41 Å². The van der Waals surface area contributed by atoms with E-state index in [9.17, 15) is 4.79 Å². The Bertz CT molecular complexity index is 198. The molecule has 0 saturated heterocycles. The molecule has 0 N–H and O–H groups in total. The Morgan fingerprint density at radius 2 is 1.29 bits per heavy atom. The van der Waals surface area contributed by atoms with E-state index in [1.54, 1.807) is 6.92 Å². The molecule has 0 aliphatic carbocycles. The van der Waals surface area contributed by atoms with Crippen LogP contribution >= 0.6 is 0 Å². The van der Waals surface area contributed by atoms with Gasteiger partial charge in [0.05, 0.1) is 0 Å². The van der Waals surface area contributed by atoms with Gasteiger partial charge in [-0.25, -0.2) is 0 Å². The summed E-state index contributed by atoms with van der Waals surface area (Å²) in [5, 5.41) is 0. The molecule has 0 aliphatic heterocycles. The molecule has 0 amide bonds. The van der Waals surface area contributed by atoms with Crippen molar-refractivity contribution in [1.29, 1.82) is 0 Å². The number of hydrogen-bond acceptors (Lipinski definition) is 1. The minimum atomic E-state index is -0.0409. The second-order valence-corrected chi connectivity index (χ2v) is 5.74. The van der Waals surface area contributed by atoms with Gasteiger partial charge in [0, 0.05) is 5.41 Å². The average molecular weight is 240 g/mol. The summed E-state index contributed by atoms with van der Waals surface area (Å²) in [5.74, 6) is 0.388. The Labute approximate surface area is 108 Å². The zero-order chi connectivity index (χ0) is 13.1. The molecule has 17 heavy (non-hydrogen) atoms. The smallest absolute Gasteiger partial charge is 0.135 e. The highest BCUT2D eigenvalue weighted by Crippen LogP contribution is 2.31. The minimum absolute atomic E-state index is 0.0409. The Balaban J connectivity index is 3.81. The van der Waals surface area contributed by atoms with Crippen molar-refractivity contribution in [2.45, 2.75) is 91.9 Å². The summed E-state index contributed by atoms with van der Waals surface area (Å²) in [6, 6.07) is 0. The molecule has 0 rings (SSSR count). The standard InChI is InChI=1S/C16H32O/c1-5-7-9-10-11-12-14-16(4,15(3)17)13-8-6-2/h5-14H2,1-4H3. The average Bonchev–Trinajstić information content (AvgIpc) is 2.31. The van der Waals surface area contributed by atoms with E-state index in [-0.39, 0.29) is 5.41 Å². The molecule has 1 heteroatoms. The lowest BCUT2D eigenvalue weighted by Gasteiger charge is -2.26. The Morgan fingerprint density at radius 1 is 0.824 bits per heavy atom. The molecule has 0 aromatic carbocycles. The van der Waals surface area contributed by atoms with Crippen LogP contribution in [0.25, 0.3) is 0 Å². The van der Waals surface area contributed by atoms with Gasteiger partial charge < -0.3 is 0 Å². The van der Waals surface area contributed by atoms with Gasteiger partial charge in [-0.2, -0.15) is 0 Å². The maximum atomic E-state index is 11.7. The molecule has 102 valence electrons. The maximum Gasteiger partial charge on any atom is 0.135 e. The second kappa shape index (κ2) is 9.67. The highest BCUT2D eigenvalue weighted by molar-refractivity contribution is 5.81. The van der Waals surface area contributed by atoms with E-state index in [2.05, 4.69) is 20.8 Å². The molecule has 0 spiro atoms. The molecule has 0 aliphatic rings. The van der Waals surface area contributed by atoms with Crippen LogP contribution in [0.5, 0.6) is 0 Å². The lowest BCUT2D eigenvalue weighted by molar-refractivity contribution is -0.126. The molecular formula is C16H32O. The fraction of sp³-hybridized carbons (Fsp3) is 0.938. The van der Waals surface area contributed by atoms with Crippen molar-refractivity contribution < 1.29 is 4.79 Å². The van der Waals surface area contributed by atoms with Gasteiger partial charge >= 0.3 is 0 Å². The number of rotatable bonds is 11. The van der Waals surface area contributed by atoms with Crippen LogP contribution in [-0.2, 0) is 4.79 Å². The van der Waals surface area contributed by atoms with Crippen molar-refractivity contribution in [1.82, 2.24) is 0 Å². The van der Waals surface area contributed by atoms with E-state index >= 15 is 0 Å². The van der Waals surface area contributed by atoms with E-state index in [0.29, 0.717) is 5.78 Å². The molecule has 0 fully saturated rings. The van der Waals surface area contributed by atoms with Crippen LogP contribution in [0.2, 0.25) is 0 Å². The van der Waals surface area contributed by atoms with Crippen molar-refractivity contribution in [2.75, 3.05) is 0 Å². The summed E-state index contributed by atoms with van der Waals surface area (Å²) >= 11 is 0. The summed E-state index contributed by atoms with van der Waals surface area (Å²) in [5.41, 5.74) is -0.0409. The van der Waals surface area contributed by atoms with Crippen LogP contribution in [0.4, 0.5) is 0 Å². The first-order valence-electron chi connectivity index (χ1n) is 7.58. The maximum absolute atomic E-state index is 11.7. The monoisotopic (exact) mass is 240 g/mol. The first-order chi connectivity index (χ1) is 8.06. The lowest BCUT2D eigenvalue weighted by Crippen LogP contribution is -2.25. The third kappa shape index (κ3) is 7.57. The van der Waals surface area contributed by atoms with Crippen LogP contribution in [0, 0.1) is 5.41 Å². The molecule has 0 bridgehead atoms. The van der Waals surface area contributed by atoms with Crippen LogP contribution in [0.15, 0.2) is 0 Å². The minimum Gasteiger partial charge on any atom is -0.299 e. The fourth-order valence-electron chi connectivity index (χ4n) is 2.34. The quantitative estimate of drug-likeness (QED) is 0.434. The van der Waals surface area contributed by atoms with Crippen LogP contribution in [-0.4, -0.2) is 5.78 Å². The predicted molar refractivity (Wildman–Crippen MR) is 76.3 cm³/mol. The summed E-state index contributed by atoms with van der Waals surface area (Å²) in [6.45, 7) is 8.38. The molecule has 0 aromatic heterocycles. The molecule has 0 saturated carbocycles. The Hall–Kier alpha value is -0.330. The number of hydrogen-bond donors (Lipinski definition) is 0. The highest BCUT2D eigenvalue weighted by atomic mass is 16.1. The van der Waals surface area contributed by atoms with Crippen molar-refractivity contribution in [3.63, 3.8) is 0 Å². The van der Waals surface area contributed by atoms with Crippen LogP contribution < -0.4 is 0 Å². The summed E-state index contributed by atoms with van der Waals surface area (Å²) in [6.07, 6.45) is 12.4. The largest absolute Gasteiger partial charge is 0.299 e. The van der Waals surface area contributed by atoms with E-state index in [4.69, 9.17) is 0 Å². The van der Waals surface area contributed by atoms with E-state index in [0.717, 1.165) is 12.8 Å². The number of ketones is 1. The van der Waals surface area contributed by atoms with Gasteiger partial charge in [-0.05, 0) is 19.8 Å². The van der Waals surface area contributed by atoms with Crippen LogP contribution in [0.1, 0.15) is 91.9 Å². The second-order valence-electron chi connectivity index (χ2n) is 5.74. The molecule has 1 unspecified atom stereocenters. The van der Waals surface area contributed by atoms with Gasteiger partial charge in [0.15, 0.2) is 0 Å². The van der Waals surface area contributed by atoms with Crippen LogP contribution in [0.3, 0.4) is 0 Å². The van der Waals surface area contributed by atoms with Crippen molar-refractivity contribution in [3.8, 4) is 0 Å².